The van der Waals surface area contributed by atoms with Crippen molar-refractivity contribution in [3.05, 3.63) is 17.9 Å². The fourth-order valence-electron chi connectivity index (χ4n) is 2.32. The second kappa shape index (κ2) is 4.09. The summed E-state index contributed by atoms with van der Waals surface area (Å²) in [5.41, 5.74) is 0. The first-order chi connectivity index (χ1) is 7.22. The van der Waals surface area contributed by atoms with E-state index in [2.05, 4.69) is 18.7 Å². The van der Waals surface area contributed by atoms with Gasteiger partial charge in [-0.15, -0.1) is 0 Å². The van der Waals surface area contributed by atoms with Crippen LogP contribution >= 0.6 is 0 Å². The monoisotopic (exact) mass is 207 g/mol. The number of rotatable bonds is 3. The van der Waals surface area contributed by atoms with E-state index >= 15 is 0 Å². The summed E-state index contributed by atoms with van der Waals surface area (Å²) in [6.07, 6.45) is 3.18. The smallest absolute Gasteiger partial charge is 0.196 e. The number of nitrogens with zero attached hydrogens (tertiary/aromatic N) is 1. The van der Waals surface area contributed by atoms with E-state index in [1.807, 2.05) is 6.07 Å². The van der Waals surface area contributed by atoms with E-state index in [1.54, 1.807) is 6.07 Å². The molecule has 1 aliphatic rings. The predicted molar refractivity (Wildman–Crippen MR) is 59.3 cm³/mol. The Hall–Kier alpha value is -1.25. The van der Waals surface area contributed by atoms with Crippen molar-refractivity contribution >= 4 is 12.2 Å². The Morgan fingerprint density at radius 3 is 2.93 bits per heavy atom. The standard InChI is InChI=1S/C12H17NO2/c1-9(2)11-4-3-7-13(11)12-6-5-10(8-14)15-12/h5-6,8-9,11H,3-4,7H2,1-2H3. The number of anilines is 1. The zero-order valence-corrected chi connectivity index (χ0v) is 9.27. The van der Waals surface area contributed by atoms with Gasteiger partial charge in [0, 0.05) is 18.7 Å². The molecule has 0 aromatic carbocycles. The van der Waals surface area contributed by atoms with Crippen LogP contribution in [0.4, 0.5) is 5.88 Å². The summed E-state index contributed by atoms with van der Waals surface area (Å²) in [5, 5.41) is 0. The third-order valence-electron chi connectivity index (χ3n) is 3.08. The third kappa shape index (κ3) is 1.91. The number of hydrogen-bond acceptors (Lipinski definition) is 3. The molecule has 0 amide bonds. The Morgan fingerprint density at radius 2 is 2.33 bits per heavy atom. The molecule has 0 N–H and O–H groups in total. The van der Waals surface area contributed by atoms with E-state index in [1.165, 1.54) is 12.8 Å². The molecule has 0 radical (unpaired) electrons. The van der Waals surface area contributed by atoms with Gasteiger partial charge >= 0.3 is 0 Å². The van der Waals surface area contributed by atoms with Gasteiger partial charge in [0.05, 0.1) is 0 Å². The van der Waals surface area contributed by atoms with Gasteiger partial charge in [0.15, 0.2) is 17.9 Å². The fourth-order valence-corrected chi connectivity index (χ4v) is 2.32. The summed E-state index contributed by atoms with van der Waals surface area (Å²) in [7, 11) is 0. The van der Waals surface area contributed by atoms with Crippen molar-refractivity contribution in [2.75, 3.05) is 11.4 Å². The summed E-state index contributed by atoms with van der Waals surface area (Å²) in [4.78, 5) is 12.8. The van der Waals surface area contributed by atoms with Crippen molar-refractivity contribution in [1.29, 1.82) is 0 Å². The minimum absolute atomic E-state index is 0.416. The summed E-state index contributed by atoms with van der Waals surface area (Å²) < 4.78 is 5.46. The van der Waals surface area contributed by atoms with Crippen LogP contribution in [0.2, 0.25) is 0 Å². The molecule has 0 bridgehead atoms. The van der Waals surface area contributed by atoms with Gasteiger partial charge < -0.3 is 9.32 Å². The average Bonchev–Trinajstić information content (AvgIpc) is 2.85. The van der Waals surface area contributed by atoms with E-state index in [0.29, 0.717) is 17.7 Å². The first-order valence-electron chi connectivity index (χ1n) is 5.54. The number of carbonyl (C=O) groups excluding carboxylic acids is 1. The summed E-state index contributed by atoms with van der Waals surface area (Å²) in [6.45, 7) is 5.49. The van der Waals surface area contributed by atoms with E-state index < -0.39 is 0 Å². The van der Waals surface area contributed by atoms with Crippen molar-refractivity contribution in [2.45, 2.75) is 32.7 Å². The molecule has 3 heteroatoms. The molecule has 0 saturated carbocycles. The average molecular weight is 207 g/mol. The maximum atomic E-state index is 10.5. The van der Waals surface area contributed by atoms with Gasteiger partial charge in [-0.2, -0.15) is 0 Å². The van der Waals surface area contributed by atoms with Gasteiger partial charge in [-0.25, -0.2) is 0 Å². The number of hydrogen-bond donors (Lipinski definition) is 0. The zero-order valence-electron chi connectivity index (χ0n) is 9.27. The van der Waals surface area contributed by atoms with Crippen LogP contribution in [0, 0.1) is 5.92 Å². The molecule has 15 heavy (non-hydrogen) atoms. The summed E-state index contributed by atoms with van der Waals surface area (Å²) >= 11 is 0. The van der Waals surface area contributed by atoms with Crippen LogP contribution in [0.3, 0.4) is 0 Å². The fraction of sp³-hybridized carbons (Fsp3) is 0.583. The minimum atomic E-state index is 0.416. The molecule has 1 aromatic heterocycles. The molecule has 1 fully saturated rings. The van der Waals surface area contributed by atoms with Crippen LogP contribution in [0.5, 0.6) is 0 Å². The van der Waals surface area contributed by atoms with Gasteiger partial charge in [0.2, 0.25) is 0 Å². The summed E-state index contributed by atoms with van der Waals surface area (Å²) in [5.74, 6) is 1.88. The lowest BCUT2D eigenvalue weighted by atomic mass is 10.0. The highest BCUT2D eigenvalue weighted by molar-refractivity contribution is 5.71. The molecule has 2 rings (SSSR count). The van der Waals surface area contributed by atoms with Gasteiger partial charge in [0.1, 0.15) is 0 Å². The first kappa shape index (κ1) is 10.3. The van der Waals surface area contributed by atoms with Gasteiger partial charge in [0.25, 0.3) is 0 Å². The van der Waals surface area contributed by atoms with Crippen LogP contribution in [-0.2, 0) is 0 Å². The molecule has 1 saturated heterocycles. The Morgan fingerprint density at radius 1 is 1.53 bits per heavy atom. The third-order valence-corrected chi connectivity index (χ3v) is 3.08. The molecule has 1 aromatic rings. The Balaban J connectivity index is 2.18. The van der Waals surface area contributed by atoms with E-state index in [4.69, 9.17) is 4.42 Å². The molecule has 1 unspecified atom stereocenters. The molecule has 2 heterocycles. The molecular formula is C12H17NO2. The Labute approximate surface area is 90.1 Å². The van der Waals surface area contributed by atoms with E-state index in [9.17, 15) is 4.79 Å². The van der Waals surface area contributed by atoms with E-state index in [0.717, 1.165) is 18.7 Å². The molecule has 82 valence electrons. The number of carbonyl (C=O) groups is 1. The zero-order chi connectivity index (χ0) is 10.8. The number of furan rings is 1. The van der Waals surface area contributed by atoms with Gasteiger partial charge in [-0.3, -0.25) is 4.79 Å². The maximum Gasteiger partial charge on any atom is 0.196 e. The lowest BCUT2D eigenvalue weighted by Crippen LogP contribution is -2.32. The van der Waals surface area contributed by atoms with Crippen molar-refractivity contribution in [1.82, 2.24) is 0 Å². The highest BCUT2D eigenvalue weighted by Crippen LogP contribution is 2.30. The molecular weight excluding hydrogens is 190 g/mol. The van der Waals surface area contributed by atoms with Crippen LogP contribution in [0.25, 0.3) is 0 Å². The van der Waals surface area contributed by atoms with E-state index in [-0.39, 0.29) is 0 Å². The van der Waals surface area contributed by atoms with Crippen molar-refractivity contribution < 1.29 is 9.21 Å². The molecule has 1 atom stereocenters. The van der Waals surface area contributed by atoms with Gasteiger partial charge in [-0.1, -0.05) is 13.8 Å². The minimum Gasteiger partial charge on any atom is -0.438 e. The van der Waals surface area contributed by atoms with Crippen molar-refractivity contribution in [3.8, 4) is 0 Å². The van der Waals surface area contributed by atoms with Gasteiger partial charge in [-0.05, 0) is 24.8 Å². The molecule has 0 aliphatic carbocycles. The number of aldehydes is 1. The topological polar surface area (TPSA) is 33.5 Å². The SMILES string of the molecule is CC(C)C1CCCN1c1ccc(C=O)o1. The first-order valence-corrected chi connectivity index (χ1v) is 5.54. The predicted octanol–water partition coefficient (Wildman–Crippen LogP) is 2.72. The van der Waals surface area contributed by atoms with Crippen LogP contribution in [0.1, 0.15) is 37.2 Å². The van der Waals surface area contributed by atoms with Crippen molar-refractivity contribution in [2.24, 2.45) is 5.92 Å². The second-order valence-electron chi connectivity index (χ2n) is 4.44. The van der Waals surface area contributed by atoms with Crippen LogP contribution < -0.4 is 4.90 Å². The highest BCUT2D eigenvalue weighted by atomic mass is 16.4. The quantitative estimate of drug-likeness (QED) is 0.714. The largest absolute Gasteiger partial charge is 0.438 e. The second-order valence-corrected chi connectivity index (χ2v) is 4.44. The molecule has 1 aliphatic heterocycles. The normalized spacial score (nSPS) is 21.3. The van der Waals surface area contributed by atoms with Crippen LogP contribution in [0.15, 0.2) is 16.5 Å². The lowest BCUT2D eigenvalue weighted by Gasteiger charge is -2.27. The molecule has 3 nitrogen and oxygen atoms in total. The highest BCUT2D eigenvalue weighted by Gasteiger charge is 2.28. The lowest BCUT2D eigenvalue weighted by molar-refractivity contribution is 0.110. The van der Waals surface area contributed by atoms with Crippen LogP contribution in [-0.4, -0.2) is 18.9 Å². The Bertz CT molecular complexity index is 343. The van der Waals surface area contributed by atoms with Crippen molar-refractivity contribution in [3.63, 3.8) is 0 Å². The Kier molecular flexibility index (Phi) is 2.80. The maximum absolute atomic E-state index is 10.5. The molecule has 0 spiro atoms. The summed E-state index contributed by atoms with van der Waals surface area (Å²) in [6, 6.07) is 4.18.